The van der Waals surface area contributed by atoms with Crippen molar-refractivity contribution in [1.82, 2.24) is 0 Å². The van der Waals surface area contributed by atoms with Gasteiger partial charge in [-0.15, -0.1) is 19.6 Å². The minimum Gasteiger partial charge on any atom is -0.403 e. The summed E-state index contributed by atoms with van der Waals surface area (Å²) in [5.41, 5.74) is -0.820. The molecule has 0 fully saturated rings. The van der Waals surface area contributed by atoms with Crippen molar-refractivity contribution in [3.63, 3.8) is 0 Å². The third-order valence-electron chi connectivity index (χ3n) is 2.71. The highest BCUT2D eigenvalue weighted by Crippen LogP contribution is 2.31. The van der Waals surface area contributed by atoms with Gasteiger partial charge in [-0.05, 0) is 29.8 Å². The van der Waals surface area contributed by atoms with E-state index in [4.69, 9.17) is 6.42 Å². The molecular weight excluding hydrogens is 310 g/mol. The summed E-state index contributed by atoms with van der Waals surface area (Å²) in [5, 5.41) is 0. The molecule has 0 radical (unpaired) electrons. The molecule has 114 valence electrons. The molecule has 0 aliphatic heterocycles. The van der Waals surface area contributed by atoms with Gasteiger partial charge >= 0.3 is 6.36 Å². The fourth-order valence-corrected chi connectivity index (χ4v) is 1.76. The number of hydrogen-bond donors (Lipinski definition) is 0. The molecule has 0 saturated heterocycles. The van der Waals surface area contributed by atoms with Gasteiger partial charge in [0.25, 0.3) is 0 Å². The van der Waals surface area contributed by atoms with Gasteiger partial charge in [-0.25, -0.2) is 13.2 Å². The molecule has 0 aliphatic rings. The first-order chi connectivity index (χ1) is 10.2. The highest BCUT2D eigenvalue weighted by Gasteiger charge is 2.32. The van der Waals surface area contributed by atoms with Gasteiger partial charge in [0, 0.05) is 5.56 Å². The van der Waals surface area contributed by atoms with Crippen LogP contribution >= 0.6 is 0 Å². The van der Waals surface area contributed by atoms with E-state index < -0.39 is 29.6 Å². The Kier molecular flexibility index (Phi) is 4.04. The zero-order valence-corrected chi connectivity index (χ0v) is 10.6. The van der Waals surface area contributed by atoms with Crippen molar-refractivity contribution in [3.8, 4) is 29.2 Å². The van der Waals surface area contributed by atoms with Crippen LogP contribution in [0, 0.1) is 29.8 Å². The molecule has 0 heterocycles. The van der Waals surface area contributed by atoms with Crippen LogP contribution < -0.4 is 4.74 Å². The van der Waals surface area contributed by atoms with Crippen molar-refractivity contribution in [1.29, 1.82) is 0 Å². The molecule has 0 unspecified atom stereocenters. The van der Waals surface area contributed by atoms with E-state index >= 15 is 0 Å². The van der Waals surface area contributed by atoms with Crippen LogP contribution in [0.15, 0.2) is 30.3 Å². The third-order valence-corrected chi connectivity index (χ3v) is 2.71. The first-order valence-electron chi connectivity index (χ1n) is 5.73. The smallest absolute Gasteiger partial charge is 0.403 e. The van der Waals surface area contributed by atoms with Gasteiger partial charge in [0.2, 0.25) is 0 Å². The fourth-order valence-electron chi connectivity index (χ4n) is 1.76. The van der Waals surface area contributed by atoms with Gasteiger partial charge in [0.1, 0.15) is 0 Å². The summed E-state index contributed by atoms with van der Waals surface area (Å²) in [6.45, 7) is 0. The van der Waals surface area contributed by atoms with Crippen molar-refractivity contribution in [2.24, 2.45) is 0 Å². The zero-order valence-electron chi connectivity index (χ0n) is 10.6. The minimum absolute atomic E-state index is 0.160. The van der Waals surface area contributed by atoms with Crippen molar-refractivity contribution in [2.75, 3.05) is 0 Å². The second-order valence-corrected chi connectivity index (χ2v) is 4.13. The van der Waals surface area contributed by atoms with Gasteiger partial charge in [-0.3, -0.25) is 0 Å². The van der Waals surface area contributed by atoms with Crippen molar-refractivity contribution < 1.29 is 31.1 Å². The molecule has 0 saturated carbocycles. The topological polar surface area (TPSA) is 9.23 Å². The average Bonchev–Trinajstić information content (AvgIpc) is 2.43. The van der Waals surface area contributed by atoms with Crippen LogP contribution in [-0.2, 0) is 0 Å². The van der Waals surface area contributed by atoms with Gasteiger partial charge in [-0.2, -0.15) is 0 Å². The zero-order chi connectivity index (χ0) is 16.5. The average molecular weight is 316 g/mol. The Morgan fingerprint density at radius 2 is 1.64 bits per heavy atom. The maximum absolute atomic E-state index is 13.8. The van der Waals surface area contributed by atoms with Crippen LogP contribution in [0.3, 0.4) is 0 Å². The minimum atomic E-state index is -5.06. The number of rotatable bonds is 2. The van der Waals surface area contributed by atoms with E-state index in [-0.39, 0.29) is 16.7 Å². The van der Waals surface area contributed by atoms with Crippen molar-refractivity contribution >= 4 is 0 Å². The Bertz CT molecular complexity index is 758. The van der Waals surface area contributed by atoms with E-state index in [2.05, 4.69) is 4.74 Å². The Balaban J connectivity index is 2.46. The van der Waals surface area contributed by atoms with Crippen LogP contribution in [0.1, 0.15) is 5.56 Å². The maximum Gasteiger partial charge on any atom is 0.573 e. The molecule has 0 aromatic heterocycles. The van der Waals surface area contributed by atoms with Crippen molar-refractivity contribution in [3.05, 3.63) is 53.3 Å². The van der Waals surface area contributed by atoms with Gasteiger partial charge in [-0.1, -0.05) is 12.0 Å². The van der Waals surface area contributed by atoms with Gasteiger partial charge in [0.05, 0.1) is 5.56 Å². The predicted molar refractivity (Wildman–Crippen MR) is 66.4 cm³/mol. The fraction of sp³-hybridized carbons (Fsp3) is 0.0667. The van der Waals surface area contributed by atoms with Crippen LogP contribution in [0.5, 0.6) is 5.75 Å². The SMILES string of the molecule is C#Cc1ccc(-c2ccc(OC(F)(F)F)c(F)c2)c(F)c1F. The third kappa shape index (κ3) is 3.17. The highest BCUT2D eigenvalue weighted by molar-refractivity contribution is 5.66. The van der Waals surface area contributed by atoms with E-state index in [1.165, 1.54) is 0 Å². The van der Waals surface area contributed by atoms with Crippen LogP contribution in [-0.4, -0.2) is 6.36 Å². The Morgan fingerprint density at radius 1 is 0.955 bits per heavy atom. The van der Waals surface area contributed by atoms with E-state index in [1.807, 2.05) is 5.92 Å². The monoisotopic (exact) mass is 316 g/mol. The quantitative estimate of drug-likeness (QED) is 0.579. The lowest BCUT2D eigenvalue weighted by Gasteiger charge is -2.11. The van der Waals surface area contributed by atoms with E-state index in [1.54, 1.807) is 0 Å². The summed E-state index contributed by atoms with van der Waals surface area (Å²) in [5.74, 6) is -3.13. The lowest BCUT2D eigenvalue weighted by molar-refractivity contribution is -0.275. The molecule has 2 aromatic carbocycles. The van der Waals surface area contributed by atoms with E-state index in [0.29, 0.717) is 12.1 Å². The molecule has 7 heteroatoms. The van der Waals surface area contributed by atoms with Crippen LogP contribution in [0.25, 0.3) is 11.1 Å². The lowest BCUT2D eigenvalue weighted by atomic mass is 10.0. The number of hydrogen-bond acceptors (Lipinski definition) is 1. The maximum atomic E-state index is 13.8. The van der Waals surface area contributed by atoms with Gasteiger partial charge in [0.15, 0.2) is 23.2 Å². The second-order valence-electron chi connectivity index (χ2n) is 4.13. The van der Waals surface area contributed by atoms with Gasteiger partial charge < -0.3 is 4.74 Å². The molecule has 0 spiro atoms. The number of benzene rings is 2. The van der Waals surface area contributed by atoms with E-state index in [0.717, 1.165) is 18.2 Å². The Labute approximate surface area is 121 Å². The van der Waals surface area contributed by atoms with Crippen molar-refractivity contribution in [2.45, 2.75) is 6.36 Å². The molecule has 0 aliphatic carbocycles. The summed E-state index contributed by atoms with van der Waals surface area (Å²) >= 11 is 0. The molecule has 2 rings (SSSR count). The summed E-state index contributed by atoms with van der Waals surface area (Å²) < 4.78 is 80.5. The second kappa shape index (κ2) is 5.64. The Morgan fingerprint density at radius 3 is 2.18 bits per heavy atom. The molecule has 0 amide bonds. The number of ether oxygens (including phenoxy) is 1. The molecule has 0 atom stereocenters. The normalized spacial score (nSPS) is 11.1. The molecule has 22 heavy (non-hydrogen) atoms. The standard InChI is InChI=1S/C15H6F6O/c1-2-8-3-5-10(14(18)13(8)17)9-4-6-12(11(16)7-9)22-15(19,20)21/h1,3-7H. The summed E-state index contributed by atoms with van der Waals surface area (Å²) in [6.07, 6.45) is -0.0900. The van der Waals surface area contributed by atoms with E-state index in [9.17, 15) is 26.3 Å². The predicted octanol–water partition coefficient (Wildman–Crippen LogP) is 4.65. The first-order valence-corrected chi connectivity index (χ1v) is 5.73. The van der Waals surface area contributed by atoms with Crippen LogP contribution in [0.4, 0.5) is 26.3 Å². The molecular formula is C15H6F6O. The molecule has 0 N–H and O–H groups in total. The number of terminal acetylenes is 1. The number of alkyl halides is 3. The summed E-state index contributed by atoms with van der Waals surface area (Å²) in [6, 6.07) is 4.45. The molecule has 0 bridgehead atoms. The number of halogens is 6. The Hall–Kier alpha value is -2.62. The highest BCUT2D eigenvalue weighted by atomic mass is 19.4. The largest absolute Gasteiger partial charge is 0.573 e. The summed E-state index contributed by atoms with van der Waals surface area (Å²) in [7, 11) is 0. The first kappa shape index (κ1) is 15.8. The molecule has 1 nitrogen and oxygen atoms in total. The lowest BCUT2D eigenvalue weighted by Crippen LogP contribution is -2.17. The summed E-state index contributed by atoms with van der Waals surface area (Å²) in [4.78, 5) is 0. The van der Waals surface area contributed by atoms with Crippen LogP contribution in [0.2, 0.25) is 0 Å². The molecule has 2 aromatic rings.